The molecule has 0 aliphatic heterocycles. The number of alkyl halides is 3. The molecule has 8 nitrogen and oxygen atoms in total. The van der Waals surface area contributed by atoms with E-state index in [1.54, 1.807) is 0 Å². The maximum absolute atomic E-state index is 12.8. The number of nitrogens with one attached hydrogen (secondary N) is 1. The molecule has 0 saturated carbocycles. The van der Waals surface area contributed by atoms with Gasteiger partial charge in [0.15, 0.2) is 12.4 Å². The molecule has 0 unspecified atom stereocenters. The molecule has 1 heterocycles. The van der Waals surface area contributed by atoms with Gasteiger partial charge in [-0.05, 0) is 36.4 Å². The van der Waals surface area contributed by atoms with Crippen LogP contribution in [0.15, 0.2) is 68.6 Å². The molecule has 1 N–H and O–H groups in total. The Balaban J connectivity index is 1.58. The van der Waals surface area contributed by atoms with E-state index in [0.29, 0.717) is 4.47 Å². The largest absolute Gasteiger partial charge is 0.477 e. The number of benzene rings is 2. The molecule has 0 bridgehead atoms. The SMILES string of the molecule is O=C(COc1ccc(Br)cc1[N+](=O)[O-])N/N=C/c1ccc(-c2cccc(C(F)(F)F)c2)o1. The van der Waals surface area contributed by atoms with E-state index in [1.807, 2.05) is 0 Å². The maximum Gasteiger partial charge on any atom is 0.416 e. The van der Waals surface area contributed by atoms with E-state index in [1.165, 1.54) is 42.5 Å². The highest BCUT2D eigenvalue weighted by Gasteiger charge is 2.30. The summed E-state index contributed by atoms with van der Waals surface area (Å²) in [7, 11) is 0. The van der Waals surface area contributed by atoms with Crippen molar-refractivity contribution in [1.82, 2.24) is 5.43 Å². The Morgan fingerprint density at radius 1 is 1.22 bits per heavy atom. The number of furan rings is 1. The van der Waals surface area contributed by atoms with Crippen molar-refractivity contribution in [3.63, 3.8) is 0 Å². The molecule has 1 amide bonds. The van der Waals surface area contributed by atoms with Crippen molar-refractivity contribution in [3.8, 4) is 17.1 Å². The molecular weight excluding hydrogens is 499 g/mol. The molecule has 3 aromatic rings. The van der Waals surface area contributed by atoms with Gasteiger partial charge in [0.2, 0.25) is 0 Å². The third kappa shape index (κ3) is 5.94. The summed E-state index contributed by atoms with van der Waals surface area (Å²) in [6, 6.07) is 11.7. The van der Waals surface area contributed by atoms with Crippen molar-refractivity contribution in [2.24, 2.45) is 5.10 Å². The van der Waals surface area contributed by atoms with Crippen LogP contribution in [0.4, 0.5) is 18.9 Å². The molecule has 1 aromatic heterocycles. The van der Waals surface area contributed by atoms with Gasteiger partial charge in [-0.25, -0.2) is 5.43 Å². The molecule has 166 valence electrons. The maximum atomic E-state index is 12.8. The van der Waals surface area contributed by atoms with Crippen molar-refractivity contribution in [3.05, 3.63) is 80.5 Å². The third-order valence-corrected chi connectivity index (χ3v) is 4.45. The number of halogens is 4. The van der Waals surface area contributed by atoms with Crippen LogP contribution in [-0.2, 0) is 11.0 Å². The van der Waals surface area contributed by atoms with Crippen LogP contribution in [0.1, 0.15) is 11.3 Å². The second-order valence-electron chi connectivity index (χ2n) is 6.23. The summed E-state index contributed by atoms with van der Waals surface area (Å²) in [4.78, 5) is 22.2. The minimum atomic E-state index is -4.48. The number of nitro groups is 1. The monoisotopic (exact) mass is 511 g/mol. The van der Waals surface area contributed by atoms with E-state index < -0.39 is 29.2 Å². The highest BCUT2D eigenvalue weighted by molar-refractivity contribution is 9.10. The molecular formula is C20H13BrF3N3O5. The number of ether oxygens (including phenoxy) is 1. The highest BCUT2D eigenvalue weighted by atomic mass is 79.9. The van der Waals surface area contributed by atoms with E-state index >= 15 is 0 Å². The molecule has 0 aliphatic rings. The first-order valence-electron chi connectivity index (χ1n) is 8.79. The Bertz CT molecular complexity index is 1180. The van der Waals surface area contributed by atoms with Crippen LogP contribution in [0.25, 0.3) is 11.3 Å². The molecule has 32 heavy (non-hydrogen) atoms. The Hall–Kier alpha value is -3.67. The average Bonchev–Trinajstić information content (AvgIpc) is 3.21. The topological polar surface area (TPSA) is 107 Å². The zero-order valence-electron chi connectivity index (χ0n) is 15.9. The minimum absolute atomic E-state index is 0.0888. The van der Waals surface area contributed by atoms with E-state index in [4.69, 9.17) is 9.15 Å². The minimum Gasteiger partial charge on any atom is -0.477 e. The first kappa shape index (κ1) is 23.0. The summed E-state index contributed by atoms with van der Waals surface area (Å²) in [5, 5.41) is 14.7. The fourth-order valence-corrected chi connectivity index (χ4v) is 2.87. The molecule has 0 saturated heterocycles. The van der Waals surface area contributed by atoms with Gasteiger partial charge in [-0.3, -0.25) is 14.9 Å². The molecule has 12 heteroatoms. The molecule has 3 rings (SSSR count). The number of hydrogen-bond acceptors (Lipinski definition) is 6. The van der Waals surface area contributed by atoms with Crippen molar-refractivity contribution < 1.29 is 32.0 Å². The van der Waals surface area contributed by atoms with Crippen molar-refractivity contribution in [2.75, 3.05) is 6.61 Å². The number of carbonyl (C=O) groups is 1. The van der Waals surface area contributed by atoms with Crippen LogP contribution in [0.5, 0.6) is 5.75 Å². The van der Waals surface area contributed by atoms with Gasteiger partial charge in [0.1, 0.15) is 11.5 Å². The lowest BCUT2D eigenvalue weighted by Crippen LogP contribution is -2.24. The smallest absolute Gasteiger partial charge is 0.416 e. The summed E-state index contributed by atoms with van der Waals surface area (Å²) in [6.45, 7) is -0.534. The normalized spacial score (nSPS) is 11.5. The Kier molecular flexibility index (Phi) is 6.93. The quantitative estimate of drug-likeness (QED) is 0.267. The average molecular weight is 512 g/mol. The fourth-order valence-electron chi connectivity index (χ4n) is 2.52. The number of amides is 1. The third-order valence-electron chi connectivity index (χ3n) is 3.96. The summed E-state index contributed by atoms with van der Waals surface area (Å²) >= 11 is 3.11. The van der Waals surface area contributed by atoms with Crippen LogP contribution in [0.2, 0.25) is 0 Å². The summed E-state index contributed by atoms with van der Waals surface area (Å²) in [5.41, 5.74) is 1.27. The predicted octanol–water partition coefficient (Wildman–Crippen LogP) is 5.17. The van der Waals surface area contributed by atoms with Gasteiger partial charge < -0.3 is 9.15 Å². The second kappa shape index (κ2) is 9.64. The number of rotatable bonds is 7. The zero-order chi connectivity index (χ0) is 23.3. The van der Waals surface area contributed by atoms with Crippen LogP contribution < -0.4 is 10.2 Å². The van der Waals surface area contributed by atoms with E-state index in [-0.39, 0.29) is 28.5 Å². The van der Waals surface area contributed by atoms with Gasteiger partial charge in [0.05, 0.1) is 16.7 Å². The standard InChI is InChI=1S/C20H13BrF3N3O5/c21-14-4-6-18(16(9-14)27(29)30)31-11-19(28)26-25-10-15-5-7-17(32-15)12-2-1-3-13(8-12)20(22,23)24/h1-10H,11H2,(H,26,28)/b25-10+. The van der Waals surface area contributed by atoms with Crippen molar-refractivity contribution in [1.29, 1.82) is 0 Å². The molecule has 0 fully saturated rings. The summed E-state index contributed by atoms with van der Waals surface area (Å²) in [5.74, 6) is -0.408. The number of hydrazone groups is 1. The number of nitrogens with zero attached hydrogens (tertiary/aromatic N) is 2. The van der Waals surface area contributed by atoms with E-state index in [9.17, 15) is 28.1 Å². The highest BCUT2D eigenvalue weighted by Crippen LogP contribution is 2.32. The van der Waals surface area contributed by atoms with Crippen molar-refractivity contribution in [2.45, 2.75) is 6.18 Å². The van der Waals surface area contributed by atoms with Gasteiger partial charge in [-0.15, -0.1) is 0 Å². The molecule has 2 aromatic carbocycles. The van der Waals surface area contributed by atoms with E-state index in [2.05, 4.69) is 26.5 Å². The van der Waals surface area contributed by atoms with Crippen LogP contribution >= 0.6 is 15.9 Å². The number of nitro benzene ring substituents is 1. The van der Waals surface area contributed by atoms with Crippen molar-refractivity contribution >= 4 is 33.7 Å². The number of carbonyl (C=O) groups excluding carboxylic acids is 1. The van der Waals surface area contributed by atoms with Gasteiger partial charge in [-0.1, -0.05) is 28.1 Å². The zero-order valence-corrected chi connectivity index (χ0v) is 17.5. The fraction of sp³-hybridized carbons (Fsp3) is 0.100. The van der Waals surface area contributed by atoms with Gasteiger partial charge >= 0.3 is 11.9 Å². The van der Waals surface area contributed by atoms with Gasteiger partial charge in [0.25, 0.3) is 5.91 Å². The lowest BCUT2D eigenvalue weighted by molar-refractivity contribution is -0.385. The van der Waals surface area contributed by atoms with Crippen LogP contribution in [0.3, 0.4) is 0 Å². The summed E-state index contributed by atoms with van der Waals surface area (Å²) < 4.78 is 49.6. The molecule has 0 spiro atoms. The lowest BCUT2D eigenvalue weighted by atomic mass is 10.1. The second-order valence-corrected chi connectivity index (χ2v) is 7.15. The van der Waals surface area contributed by atoms with Gasteiger partial charge in [0, 0.05) is 16.1 Å². The van der Waals surface area contributed by atoms with Gasteiger partial charge in [-0.2, -0.15) is 18.3 Å². The van der Waals surface area contributed by atoms with E-state index in [0.717, 1.165) is 18.3 Å². The predicted molar refractivity (Wildman–Crippen MR) is 111 cm³/mol. The Morgan fingerprint density at radius 2 is 2.00 bits per heavy atom. The van der Waals surface area contributed by atoms with Crippen LogP contribution in [-0.4, -0.2) is 23.7 Å². The first-order valence-corrected chi connectivity index (χ1v) is 9.59. The van der Waals surface area contributed by atoms with Crippen LogP contribution in [0, 0.1) is 10.1 Å². The molecule has 0 atom stereocenters. The first-order chi connectivity index (χ1) is 15.1. The molecule has 0 radical (unpaired) electrons. The Morgan fingerprint density at radius 3 is 2.72 bits per heavy atom. The lowest BCUT2D eigenvalue weighted by Gasteiger charge is -2.07. The molecule has 0 aliphatic carbocycles. The summed E-state index contributed by atoms with van der Waals surface area (Å²) in [6.07, 6.45) is -3.33. The number of hydrogen-bond donors (Lipinski definition) is 1. The Labute approximate surface area is 187 Å².